The van der Waals surface area contributed by atoms with Gasteiger partial charge < -0.3 is 19.9 Å². The maximum Gasteiger partial charge on any atom is 0.161 e. The number of nitrogens with two attached hydrogens (primary N) is 1. The highest BCUT2D eigenvalue weighted by molar-refractivity contribution is 5.43. The minimum Gasteiger partial charge on any atom is -0.490 e. The monoisotopic (exact) mass is 267 g/mol. The Bertz CT molecular complexity index is 380. The second-order valence-corrected chi connectivity index (χ2v) is 4.56. The molecule has 0 aliphatic carbocycles. The minimum absolute atomic E-state index is 0.155. The Balaban J connectivity index is 2.81. The van der Waals surface area contributed by atoms with Crippen molar-refractivity contribution in [1.82, 2.24) is 0 Å². The molecule has 4 nitrogen and oxygen atoms in total. The van der Waals surface area contributed by atoms with E-state index in [4.69, 9.17) is 19.9 Å². The summed E-state index contributed by atoms with van der Waals surface area (Å²) in [5, 5.41) is 0. The summed E-state index contributed by atoms with van der Waals surface area (Å²) in [5.41, 5.74) is 7.10. The zero-order chi connectivity index (χ0) is 14.3. The molecule has 4 heteroatoms. The van der Waals surface area contributed by atoms with Gasteiger partial charge in [0.15, 0.2) is 11.5 Å². The van der Waals surface area contributed by atoms with E-state index in [9.17, 15) is 0 Å². The fraction of sp³-hybridized carbons (Fsp3) is 0.600. The molecule has 0 heterocycles. The van der Waals surface area contributed by atoms with Crippen LogP contribution >= 0.6 is 0 Å². The molecule has 1 aromatic carbocycles. The van der Waals surface area contributed by atoms with Crippen LogP contribution < -0.4 is 15.2 Å². The highest BCUT2D eigenvalue weighted by Gasteiger charge is 2.12. The van der Waals surface area contributed by atoms with E-state index in [-0.39, 0.29) is 12.1 Å². The first-order valence-electron chi connectivity index (χ1n) is 6.85. The SMILES string of the molecule is CCOc1ccc(C(N)COC(C)C)cc1OCC. The van der Waals surface area contributed by atoms with E-state index in [0.29, 0.717) is 19.8 Å². The van der Waals surface area contributed by atoms with E-state index in [1.807, 2.05) is 45.9 Å². The van der Waals surface area contributed by atoms with Crippen molar-refractivity contribution in [2.75, 3.05) is 19.8 Å². The Morgan fingerprint density at radius 1 is 1.05 bits per heavy atom. The maximum atomic E-state index is 6.11. The molecule has 0 radical (unpaired) electrons. The van der Waals surface area contributed by atoms with Crippen molar-refractivity contribution in [3.8, 4) is 11.5 Å². The van der Waals surface area contributed by atoms with Crippen LogP contribution in [0.3, 0.4) is 0 Å². The van der Waals surface area contributed by atoms with Crippen LogP contribution in [0.2, 0.25) is 0 Å². The van der Waals surface area contributed by atoms with E-state index in [0.717, 1.165) is 17.1 Å². The van der Waals surface area contributed by atoms with Crippen molar-refractivity contribution in [3.63, 3.8) is 0 Å². The Hall–Kier alpha value is -1.26. The van der Waals surface area contributed by atoms with Gasteiger partial charge in [-0.25, -0.2) is 0 Å². The fourth-order valence-corrected chi connectivity index (χ4v) is 1.69. The Morgan fingerprint density at radius 2 is 1.68 bits per heavy atom. The normalized spacial score (nSPS) is 12.5. The van der Waals surface area contributed by atoms with Crippen LogP contribution in [0, 0.1) is 0 Å². The molecule has 0 aliphatic rings. The first-order valence-corrected chi connectivity index (χ1v) is 6.85. The first kappa shape index (κ1) is 15.8. The molecule has 0 bridgehead atoms. The molecule has 0 amide bonds. The van der Waals surface area contributed by atoms with E-state index >= 15 is 0 Å². The van der Waals surface area contributed by atoms with E-state index in [1.165, 1.54) is 0 Å². The lowest BCUT2D eigenvalue weighted by Gasteiger charge is -2.17. The molecule has 0 saturated carbocycles. The molecule has 0 aromatic heterocycles. The molecule has 1 rings (SSSR count). The Morgan fingerprint density at radius 3 is 2.26 bits per heavy atom. The highest BCUT2D eigenvalue weighted by Crippen LogP contribution is 2.30. The van der Waals surface area contributed by atoms with Crippen molar-refractivity contribution in [3.05, 3.63) is 23.8 Å². The first-order chi connectivity index (χ1) is 9.08. The maximum absolute atomic E-state index is 6.11. The fourth-order valence-electron chi connectivity index (χ4n) is 1.69. The van der Waals surface area contributed by atoms with Crippen LogP contribution in [0.25, 0.3) is 0 Å². The van der Waals surface area contributed by atoms with Crippen molar-refractivity contribution in [2.45, 2.75) is 39.8 Å². The third kappa shape index (κ3) is 5.09. The molecule has 1 unspecified atom stereocenters. The third-order valence-corrected chi connectivity index (χ3v) is 2.60. The lowest BCUT2D eigenvalue weighted by atomic mass is 10.1. The predicted molar refractivity (Wildman–Crippen MR) is 76.8 cm³/mol. The summed E-state index contributed by atoms with van der Waals surface area (Å²) in [7, 11) is 0. The third-order valence-electron chi connectivity index (χ3n) is 2.60. The number of benzene rings is 1. The van der Waals surface area contributed by atoms with E-state index < -0.39 is 0 Å². The van der Waals surface area contributed by atoms with E-state index in [1.54, 1.807) is 0 Å². The molecule has 0 aliphatic heterocycles. The molecule has 19 heavy (non-hydrogen) atoms. The van der Waals surface area contributed by atoms with Crippen molar-refractivity contribution in [2.24, 2.45) is 5.73 Å². The number of hydrogen-bond acceptors (Lipinski definition) is 4. The number of ether oxygens (including phenoxy) is 3. The van der Waals surface area contributed by atoms with Gasteiger partial charge in [0.2, 0.25) is 0 Å². The lowest BCUT2D eigenvalue weighted by molar-refractivity contribution is 0.0682. The van der Waals surface area contributed by atoms with Gasteiger partial charge in [-0.1, -0.05) is 6.07 Å². The number of hydrogen-bond donors (Lipinski definition) is 1. The molecule has 108 valence electrons. The standard InChI is InChI=1S/C15H25NO3/c1-5-17-14-8-7-12(9-15(14)18-6-2)13(16)10-19-11(3)4/h7-9,11,13H,5-6,10,16H2,1-4H3. The summed E-state index contributed by atoms with van der Waals surface area (Å²) in [6.45, 7) is 9.60. The van der Waals surface area contributed by atoms with Crippen molar-refractivity contribution < 1.29 is 14.2 Å². The van der Waals surface area contributed by atoms with Crippen LogP contribution in [0.4, 0.5) is 0 Å². The van der Waals surface area contributed by atoms with Crippen LogP contribution in [-0.2, 0) is 4.74 Å². The van der Waals surface area contributed by atoms with Gasteiger partial charge in [0.05, 0.1) is 32.0 Å². The molecule has 0 saturated heterocycles. The topological polar surface area (TPSA) is 53.7 Å². The van der Waals surface area contributed by atoms with E-state index in [2.05, 4.69) is 0 Å². The van der Waals surface area contributed by atoms with Gasteiger partial charge >= 0.3 is 0 Å². The summed E-state index contributed by atoms with van der Waals surface area (Å²) in [6, 6.07) is 5.64. The molecular formula is C15H25NO3. The summed E-state index contributed by atoms with van der Waals surface area (Å²) in [5.74, 6) is 1.49. The second-order valence-electron chi connectivity index (χ2n) is 4.56. The lowest BCUT2D eigenvalue weighted by Crippen LogP contribution is -2.19. The minimum atomic E-state index is -0.155. The molecule has 2 N–H and O–H groups in total. The summed E-state index contributed by atoms with van der Waals surface area (Å²) >= 11 is 0. The van der Waals surface area contributed by atoms with Crippen LogP contribution in [0.5, 0.6) is 11.5 Å². The van der Waals surface area contributed by atoms with Crippen molar-refractivity contribution >= 4 is 0 Å². The summed E-state index contributed by atoms with van der Waals surface area (Å²) in [6.07, 6.45) is 0.181. The van der Waals surface area contributed by atoms with Crippen molar-refractivity contribution in [1.29, 1.82) is 0 Å². The average Bonchev–Trinajstić information content (AvgIpc) is 2.38. The smallest absolute Gasteiger partial charge is 0.161 e. The molecule has 1 atom stereocenters. The molecule has 0 fully saturated rings. The number of rotatable bonds is 8. The van der Waals surface area contributed by atoms with Gasteiger partial charge in [-0.15, -0.1) is 0 Å². The molecule has 0 spiro atoms. The molecular weight excluding hydrogens is 242 g/mol. The van der Waals surface area contributed by atoms with Gasteiger partial charge in [0.25, 0.3) is 0 Å². The Kier molecular flexibility index (Phi) is 6.67. The summed E-state index contributed by atoms with van der Waals surface area (Å²) in [4.78, 5) is 0. The Labute approximate surface area is 115 Å². The van der Waals surface area contributed by atoms with Gasteiger partial charge in [-0.3, -0.25) is 0 Å². The predicted octanol–water partition coefficient (Wildman–Crippen LogP) is 2.91. The highest BCUT2D eigenvalue weighted by atomic mass is 16.5. The van der Waals surface area contributed by atoms with Crippen LogP contribution in [0.15, 0.2) is 18.2 Å². The average molecular weight is 267 g/mol. The van der Waals surface area contributed by atoms with Gasteiger partial charge in [0, 0.05) is 0 Å². The largest absolute Gasteiger partial charge is 0.490 e. The van der Waals surface area contributed by atoms with Gasteiger partial charge in [-0.05, 0) is 45.4 Å². The molecule has 1 aromatic rings. The quantitative estimate of drug-likeness (QED) is 0.787. The van der Waals surface area contributed by atoms with Crippen LogP contribution in [0.1, 0.15) is 39.3 Å². The van der Waals surface area contributed by atoms with Gasteiger partial charge in [-0.2, -0.15) is 0 Å². The van der Waals surface area contributed by atoms with Gasteiger partial charge in [0.1, 0.15) is 0 Å². The zero-order valence-corrected chi connectivity index (χ0v) is 12.3. The van der Waals surface area contributed by atoms with Crippen LogP contribution in [-0.4, -0.2) is 25.9 Å². The second kappa shape index (κ2) is 8.02. The zero-order valence-electron chi connectivity index (χ0n) is 12.3. The summed E-state index contributed by atoms with van der Waals surface area (Å²) < 4.78 is 16.6.